The molecule has 5 nitrogen and oxygen atoms in total. The molecule has 1 N–H and O–H groups in total. The zero-order valence-corrected chi connectivity index (χ0v) is 20.6. The van der Waals surface area contributed by atoms with Crippen LogP contribution in [0.25, 0.3) is 22.2 Å². The Kier molecular flexibility index (Phi) is 6.70. The average molecular weight is 446 g/mol. The van der Waals surface area contributed by atoms with Gasteiger partial charge in [-0.05, 0) is 71.0 Å². The number of likely N-dealkylation sites (tertiary alicyclic amines) is 1. The summed E-state index contributed by atoms with van der Waals surface area (Å²) in [5.74, 6) is 0. The zero-order valence-electron chi connectivity index (χ0n) is 20.6. The highest BCUT2D eigenvalue weighted by molar-refractivity contribution is 5.94. The van der Waals surface area contributed by atoms with E-state index < -0.39 is 0 Å². The lowest BCUT2D eigenvalue weighted by Crippen LogP contribution is -2.48. The Morgan fingerprint density at radius 3 is 2.33 bits per heavy atom. The third-order valence-corrected chi connectivity index (χ3v) is 7.50. The van der Waals surface area contributed by atoms with Crippen LogP contribution >= 0.6 is 0 Å². The summed E-state index contributed by atoms with van der Waals surface area (Å²) >= 11 is 0. The van der Waals surface area contributed by atoms with Gasteiger partial charge in [-0.25, -0.2) is 0 Å². The maximum absolute atomic E-state index is 4.96. The van der Waals surface area contributed by atoms with E-state index in [1.807, 2.05) is 0 Å². The molecule has 0 aliphatic carbocycles. The molecule has 176 valence electrons. The molecule has 5 heteroatoms. The van der Waals surface area contributed by atoms with E-state index in [1.54, 1.807) is 0 Å². The van der Waals surface area contributed by atoms with E-state index in [0.29, 0.717) is 6.04 Å². The first-order chi connectivity index (χ1) is 16.1. The molecule has 2 aliphatic rings. The second kappa shape index (κ2) is 9.86. The summed E-state index contributed by atoms with van der Waals surface area (Å²) in [6.07, 6.45) is 5.17. The van der Waals surface area contributed by atoms with Crippen molar-refractivity contribution in [3.05, 3.63) is 47.8 Å². The normalized spacial score (nSPS) is 18.5. The highest BCUT2D eigenvalue weighted by Gasteiger charge is 2.19. The molecule has 33 heavy (non-hydrogen) atoms. The lowest BCUT2D eigenvalue weighted by atomic mass is 10.1. The Morgan fingerprint density at radius 2 is 1.64 bits per heavy atom. The van der Waals surface area contributed by atoms with Crippen molar-refractivity contribution in [1.29, 1.82) is 0 Å². The molecular formula is C28H39N5. The highest BCUT2D eigenvalue weighted by Crippen LogP contribution is 2.30. The molecule has 2 aromatic heterocycles. The first kappa shape index (κ1) is 22.4. The number of pyridine rings is 1. The van der Waals surface area contributed by atoms with Crippen LogP contribution < -0.4 is 4.90 Å². The van der Waals surface area contributed by atoms with Crippen molar-refractivity contribution in [2.24, 2.45) is 0 Å². The van der Waals surface area contributed by atoms with E-state index in [1.165, 1.54) is 60.2 Å². The number of aromatic nitrogens is 2. The zero-order chi connectivity index (χ0) is 22.8. The predicted octanol–water partition coefficient (Wildman–Crippen LogP) is 5.10. The first-order valence-corrected chi connectivity index (χ1v) is 12.9. The fraction of sp³-hybridized carbons (Fsp3) is 0.536. The highest BCUT2D eigenvalue weighted by atomic mass is 15.3. The quantitative estimate of drug-likeness (QED) is 0.573. The number of nitrogens with zero attached hydrogens (tertiary/aromatic N) is 4. The number of H-pyrrole nitrogens is 1. The van der Waals surface area contributed by atoms with Crippen LogP contribution in [0.5, 0.6) is 0 Å². The maximum Gasteiger partial charge on any atom is 0.0799 e. The number of aromatic amines is 1. The predicted molar refractivity (Wildman–Crippen MR) is 139 cm³/mol. The molecule has 0 bridgehead atoms. The number of aryl methyl sites for hydroxylation is 1. The first-order valence-electron chi connectivity index (χ1n) is 12.9. The molecule has 0 unspecified atom stereocenters. The molecule has 2 aliphatic heterocycles. The summed E-state index contributed by atoms with van der Waals surface area (Å²) in [5.41, 5.74) is 7.22. The molecule has 3 aromatic rings. The SMILES string of the molecule is Cc1cc2[nH]c(CCN3CCCCC3)cc2c(-c2ccc(N3CCN(C(C)C)CC3)cc2)n1. The van der Waals surface area contributed by atoms with Crippen LogP contribution in [0.3, 0.4) is 0 Å². The van der Waals surface area contributed by atoms with E-state index in [9.17, 15) is 0 Å². The molecule has 0 amide bonds. The molecule has 1 aromatic carbocycles. The van der Waals surface area contributed by atoms with Crippen molar-refractivity contribution >= 4 is 16.6 Å². The van der Waals surface area contributed by atoms with Crippen LogP contribution in [0.4, 0.5) is 5.69 Å². The fourth-order valence-electron chi connectivity index (χ4n) is 5.46. The van der Waals surface area contributed by atoms with Gasteiger partial charge in [0.25, 0.3) is 0 Å². The second-order valence-corrected chi connectivity index (χ2v) is 10.2. The molecule has 0 atom stereocenters. The van der Waals surface area contributed by atoms with Crippen LogP contribution in [0.1, 0.15) is 44.5 Å². The van der Waals surface area contributed by atoms with Crippen molar-refractivity contribution in [1.82, 2.24) is 19.8 Å². The van der Waals surface area contributed by atoms with Gasteiger partial charge in [0.1, 0.15) is 0 Å². The Bertz CT molecular complexity index is 1050. The van der Waals surface area contributed by atoms with Crippen molar-refractivity contribution < 1.29 is 0 Å². The number of rotatable bonds is 6. The van der Waals surface area contributed by atoms with Crippen LogP contribution in [0, 0.1) is 6.92 Å². The Morgan fingerprint density at radius 1 is 0.909 bits per heavy atom. The minimum atomic E-state index is 0.635. The van der Waals surface area contributed by atoms with E-state index in [4.69, 9.17) is 4.98 Å². The van der Waals surface area contributed by atoms with Crippen LogP contribution in [0.2, 0.25) is 0 Å². The number of hydrogen-bond donors (Lipinski definition) is 1. The van der Waals surface area contributed by atoms with E-state index in [0.717, 1.165) is 50.5 Å². The minimum absolute atomic E-state index is 0.635. The third-order valence-electron chi connectivity index (χ3n) is 7.50. The van der Waals surface area contributed by atoms with Gasteiger partial charge in [0.05, 0.1) is 5.69 Å². The summed E-state index contributed by atoms with van der Waals surface area (Å²) in [7, 11) is 0. The summed E-state index contributed by atoms with van der Waals surface area (Å²) in [6, 6.07) is 14.2. The molecule has 0 radical (unpaired) electrons. The number of piperazine rings is 1. The van der Waals surface area contributed by atoms with Crippen LogP contribution in [0.15, 0.2) is 36.4 Å². The topological polar surface area (TPSA) is 38.4 Å². The largest absolute Gasteiger partial charge is 0.369 e. The lowest BCUT2D eigenvalue weighted by Gasteiger charge is -2.38. The summed E-state index contributed by atoms with van der Waals surface area (Å²) in [4.78, 5) is 16.3. The van der Waals surface area contributed by atoms with Gasteiger partial charge < -0.3 is 14.8 Å². The smallest absolute Gasteiger partial charge is 0.0799 e. The van der Waals surface area contributed by atoms with Crippen LogP contribution in [-0.2, 0) is 6.42 Å². The van der Waals surface area contributed by atoms with Gasteiger partial charge in [0.15, 0.2) is 0 Å². The molecule has 0 spiro atoms. The van der Waals surface area contributed by atoms with Crippen LogP contribution in [-0.4, -0.2) is 71.6 Å². The van der Waals surface area contributed by atoms with Gasteiger partial charge in [0.2, 0.25) is 0 Å². The Hall–Kier alpha value is -2.37. The lowest BCUT2D eigenvalue weighted by molar-refractivity contribution is 0.209. The van der Waals surface area contributed by atoms with Gasteiger partial charge in [-0.15, -0.1) is 0 Å². The Labute approximate surface area is 198 Å². The monoisotopic (exact) mass is 445 g/mol. The van der Waals surface area contributed by atoms with Gasteiger partial charge in [-0.3, -0.25) is 9.88 Å². The van der Waals surface area contributed by atoms with E-state index in [-0.39, 0.29) is 0 Å². The number of hydrogen-bond acceptors (Lipinski definition) is 4. The van der Waals surface area contributed by atoms with E-state index in [2.05, 4.69) is 76.9 Å². The summed E-state index contributed by atoms with van der Waals surface area (Å²) in [5, 5.41) is 1.24. The summed E-state index contributed by atoms with van der Waals surface area (Å²) < 4.78 is 0. The molecule has 0 saturated carbocycles. The van der Waals surface area contributed by atoms with Gasteiger partial charge >= 0.3 is 0 Å². The van der Waals surface area contributed by atoms with E-state index >= 15 is 0 Å². The number of benzene rings is 1. The molecule has 5 rings (SSSR count). The number of piperidine rings is 1. The molecule has 2 fully saturated rings. The molecular weight excluding hydrogens is 406 g/mol. The Balaban J connectivity index is 1.33. The van der Waals surface area contributed by atoms with Gasteiger partial charge in [-0.2, -0.15) is 0 Å². The number of anilines is 1. The summed E-state index contributed by atoms with van der Waals surface area (Å²) in [6.45, 7) is 14.8. The fourth-order valence-corrected chi connectivity index (χ4v) is 5.46. The van der Waals surface area contributed by atoms with Crippen molar-refractivity contribution in [2.75, 3.05) is 50.7 Å². The molecule has 4 heterocycles. The van der Waals surface area contributed by atoms with Gasteiger partial charge in [0, 0.05) is 78.7 Å². The van der Waals surface area contributed by atoms with Crippen molar-refractivity contribution in [3.63, 3.8) is 0 Å². The molecule has 2 saturated heterocycles. The van der Waals surface area contributed by atoms with Crippen molar-refractivity contribution in [2.45, 2.75) is 52.5 Å². The minimum Gasteiger partial charge on any atom is -0.369 e. The average Bonchev–Trinajstić information content (AvgIpc) is 3.26. The standard InChI is InChI=1S/C28H39N5/c1-21(2)32-15-17-33(18-16-32)25-9-7-23(8-10-25)28-26-20-24(30-27(26)19-22(3)29-28)11-14-31-12-5-4-6-13-31/h7-10,19-21,30H,4-6,11-18H2,1-3H3. The van der Waals surface area contributed by atoms with Crippen molar-refractivity contribution in [3.8, 4) is 11.3 Å². The third kappa shape index (κ3) is 5.10. The number of nitrogens with one attached hydrogen (secondary N) is 1. The maximum atomic E-state index is 4.96. The van der Waals surface area contributed by atoms with Gasteiger partial charge in [-0.1, -0.05) is 18.6 Å². The number of fused-ring (bicyclic) bond motifs is 1. The second-order valence-electron chi connectivity index (χ2n) is 10.2.